The summed E-state index contributed by atoms with van der Waals surface area (Å²) < 4.78 is 11.3. The quantitative estimate of drug-likeness (QED) is 0.661. The number of aliphatic imine (C=N–C) groups is 1. The van der Waals surface area contributed by atoms with Crippen molar-refractivity contribution < 1.29 is 9.47 Å². The standard InChI is InChI=1S/C15H23N3O2S/c1-15(2,21-3)10-17-14(16)18-11-5-6-12-13(9-11)20-8-4-7-19-12/h5-6,9H,4,7-8,10H2,1-3H3,(H3,16,17,18). The van der Waals surface area contributed by atoms with Gasteiger partial charge in [0, 0.05) is 22.9 Å². The van der Waals surface area contributed by atoms with Gasteiger partial charge in [0.1, 0.15) is 0 Å². The number of nitrogens with zero attached hydrogens (tertiary/aromatic N) is 1. The van der Waals surface area contributed by atoms with Gasteiger partial charge in [-0.15, -0.1) is 0 Å². The van der Waals surface area contributed by atoms with Gasteiger partial charge in [-0.25, -0.2) is 0 Å². The summed E-state index contributed by atoms with van der Waals surface area (Å²) in [5, 5.41) is 3.09. The van der Waals surface area contributed by atoms with E-state index in [4.69, 9.17) is 15.2 Å². The van der Waals surface area contributed by atoms with Gasteiger partial charge in [0.2, 0.25) is 0 Å². The molecule has 0 saturated carbocycles. The average molecular weight is 309 g/mol. The van der Waals surface area contributed by atoms with Crippen molar-refractivity contribution in [2.75, 3.05) is 31.3 Å². The number of hydrogen-bond donors (Lipinski definition) is 2. The van der Waals surface area contributed by atoms with E-state index in [1.807, 2.05) is 18.2 Å². The van der Waals surface area contributed by atoms with Crippen molar-refractivity contribution in [3.63, 3.8) is 0 Å². The van der Waals surface area contributed by atoms with Gasteiger partial charge < -0.3 is 20.5 Å². The summed E-state index contributed by atoms with van der Waals surface area (Å²) in [6.07, 6.45) is 2.97. The Hall–Kier alpha value is -1.56. The van der Waals surface area contributed by atoms with Crippen molar-refractivity contribution in [1.82, 2.24) is 0 Å². The molecule has 0 aromatic heterocycles. The SMILES string of the molecule is CSC(C)(C)CN=C(N)Nc1ccc2c(c1)OCCCO2. The Morgan fingerprint density at radius 2 is 2.05 bits per heavy atom. The van der Waals surface area contributed by atoms with Crippen LogP contribution in [0.2, 0.25) is 0 Å². The number of thioether (sulfide) groups is 1. The van der Waals surface area contributed by atoms with Crippen LogP contribution in [0.1, 0.15) is 20.3 Å². The third kappa shape index (κ3) is 4.74. The molecule has 0 unspecified atom stereocenters. The maximum absolute atomic E-state index is 5.93. The van der Waals surface area contributed by atoms with Crippen LogP contribution in [0.5, 0.6) is 11.5 Å². The maximum atomic E-state index is 5.93. The highest BCUT2D eigenvalue weighted by Gasteiger charge is 2.15. The van der Waals surface area contributed by atoms with Crippen LogP contribution in [0.15, 0.2) is 23.2 Å². The summed E-state index contributed by atoms with van der Waals surface area (Å²) in [6.45, 7) is 6.30. The lowest BCUT2D eigenvalue weighted by molar-refractivity contribution is 0.297. The van der Waals surface area contributed by atoms with Gasteiger partial charge in [0.15, 0.2) is 17.5 Å². The molecule has 0 spiro atoms. The number of nitrogens with one attached hydrogen (secondary N) is 1. The third-order valence-electron chi connectivity index (χ3n) is 3.20. The number of nitrogens with two attached hydrogens (primary N) is 1. The Labute approximate surface area is 130 Å². The van der Waals surface area contributed by atoms with E-state index in [0.29, 0.717) is 25.7 Å². The van der Waals surface area contributed by atoms with Crippen LogP contribution >= 0.6 is 11.8 Å². The average Bonchev–Trinajstić information content (AvgIpc) is 2.70. The first-order chi connectivity index (χ1) is 10.00. The van der Waals surface area contributed by atoms with Crippen LogP contribution in [0, 0.1) is 0 Å². The van der Waals surface area contributed by atoms with E-state index in [-0.39, 0.29) is 4.75 Å². The monoisotopic (exact) mass is 309 g/mol. The zero-order valence-electron chi connectivity index (χ0n) is 12.8. The van der Waals surface area contributed by atoms with E-state index >= 15 is 0 Å². The number of fused-ring (bicyclic) bond motifs is 1. The number of rotatable bonds is 4. The molecule has 1 heterocycles. The van der Waals surface area contributed by atoms with Crippen LogP contribution in [-0.2, 0) is 0 Å². The van der Waals surface area contributed by atoms with Gasteiger partial charge in [-0.1, -0.05) is 0 Å². The minimum atomic E-state index is 0.0804. The predicted molar refractivity (Wildman–Crippen MR) is 89.8 cm³/mol. The second-order valence-corrected chi connectivity index (χ2v) is 7.02. The molecule has 1 aromatic carbocycles. The number of ether oxygens (including phenoxy) is 2. The fourth-order valence-electron chi connectivity index (χ4n) is 1.77. The van der Waals surface area contributed by atoms with E-state index in [2.05, 4.69) is 30.4 Å². The van der Waals surface area contributed by atoms with E-state index in [1.165, 1.54) is 0 Å². The maximum Gasteiger partial charge on any atom is 0.193 e. The highest BCUT2D eigenvalue weighted by molar-refractivity contribution is 7.99. The predicted octanol–water partition coefficient (Wildman–Crippen LogP) is 2.72. The minimum absolute atomic E-state index is 0.0804. The van der Waals surface area contributed by atoms with Crippen molar-refractivity contribution in [2.45, 2.75) is 25.0 Å². The Kier molecular flexibility index (Phi) is 5.22. The number of guanidine groups is 1. The topological polar surface area (TPSA) is 68.9 Å². The van der Waals surface area contributed by atoms with Gasteiger partial charge in [0.05, 0.1) is 19.8 Å². The molecule has 0 bridgehead atoms. The molecule has 1 aliphatic heterocycles. The van der Waals surface area contributed by atoms with Gasteiger partial charge >= 0.3 is 0 Å². The second kappa shape index (κ2) is 6.93. The van der Waals surface area contributed by atoms with Crippen molar-refractivity contribution >= 4 is 23.4 Å². The van der Waals surface area contributed by atoms with Gasteiger partial charge in [-0.05, 0) is 32.2 Å². The highest BCUT2D eigenvalue weighted by Crippen LogP contribution is 2.32. The lowest BCUT2D eigenvalue weighted by Crippen LogP contribution is -2.27. The molecular formula is C15H23N3O2S. The van der Waals surface area contributed by atoms with Crippen LogP contribution in [-0.4, -0.2) is 36.7 Å². The van der Waals surface area contributed by atoms with E-state index in [9.17, 15) is 0 Å². The first-order valence-corrected chi connectivity index (χ1v) is 8.24. The molecule has 0 radical (unpaired) electrons. The molecule has 3 N–H and O–H groups in total. The fourth-order valence-corrected chi connectivity index (χ4v) is 1.96. The lowest BCUT2D eigenvalue weighted by atomic mass is 10.2. The third-order valence-corrected chi connectivity index (χ3v) is 4.44. The van der Waals surface area contributed by atoms with Crippen LogP contribution < -0.4 is 20.5 Å². The van der Waals surface area contributed by atoms with E-state index in [0.717, 1.165) is 23.6 Å². The summed E-state index contributed by atoms with van der Waals surface area (Å²) in [7, 11) is 0. The molecule has 0 atom stereocenters. The normalized spacial score (nSPS) is 15.5. The first-order valence-electron chi connectivity index (χ1n) is 7.02. The van der Waals surface area contributed by atoms with E-state index in [1.54, 1.807) is 11.8 Å². The molecule has 1 aliphatic rings. The zero-order chi connectivity index (χ0) is 15.3. The van der Waals surface area contributed by atoms with Crippen LogP contribution in [0.3, 0.4) is 0 Å². The molecule has 0 saturated heterocycles. The second-order valence-electron chi connectivity index (χ2n) is 5.50. The van der Waals surface area contributed by atoms with Crippen LogP contribution in [0.4, 0.5) is 5.69 Å². The number of benzene rings is 1. The smallest absolute Gasteiger partial charge is 0.193 e. The van der Waals surface area contributed by atoms with Gasteiger partial charge in [-0.2, -0.15) is 11.8 Å². The molecule has 116 valence electrons. The molecule has 21 heavy (non-hydrogen) atoms. The Morgan fingerprint density at radius 3 is 2.76 bits per heavy atom. The Balaban J connectivity index is 2.02. The Morgan fingerprint density at radius 1 is 1.33 bits per heavy atom. The summed E-state index contributed by atoms with van der Waals surface area (Å²) in [5.74, 6) is 1.93. The van der Waals surface area contributed by atoms with Crippen molar-refractivity contribution in [1.29, 1.82) is 0 Å². The number of hydrogen-bond acceptors (Lipinski definition) is 4. The number of anilines is 1. The largest absolute Gasteiger partial charge is 0.490 e. The molecule has 0 amide bonds. The summed E-state index contributed by atoms with van der Waals surface area (Å²) in [6, 6.07) is 5.69. The highest BCUT2D eigenvalue weighted by atomic mass is 32.2. The fraction of sp³-hybridized carbons (Fsp3) is 0.533. The van der Waals surface area contributed by atoms with Crippen LogP contribution in [0.25, 0.3) is 0 Å². The molecule has 1 aromatic rings. The van der Waals surface area contributed by atoms with Crippen molar-refractivity contribution in [3.05, 3.63) is 18.2 Å². The summed E-state index contributed by atoms with van der Waals surface area (Å²) in [5.41, 5.74) is 6.78. The molecule has 2 rings (SSSR count). The first kappa shape index (κ1) is 15.8. The molecule has 0 aliphatic carbocycles. The van der Waals surface area contributed by atoms with Crippen molar-refractivity contribution in [3.8, 4) is 11.5 Å². The van der Waals surface area contributed by atoms with Gasteiger partial charge in [0.25, 0.3) is 0 Å². The van der Waals surface area contributed by atoms with Gasteiger partial charge in [-0.3, -0.25) is 4.99 Å². The summed E-state index contributed by atoms with van der Waals surface area (Å²) >= 11 is 1.77. The molecular weight excluding hydrogens is 286 g/mol. The minimum Gasteiger partial charge on any atom is -0.490 e. The van der Waals surface area contributed by atoms with Crippen molar-refractivity contribution in [2.24, 2.45) is 10.7 Å². The molecule has 0 fully saturated rings. The lowest BCUT2D eigenvalue weighted by Gasteiger charge is -2.19. The van der Waals surface area contributed by atoms with E-state index < -0.39 is 0 Å². The molecule has 5 nitrogen and oxygen atoms in total. The zero-order valence-corrected chi connectivity index (χ0v) is 13.6. The summed E-state index contributed by atoms with van der Waals surface area (Å²) in [4.78, 5) is 4.38. The molecule has 6 heteroatoms. The Bertz CT molecular complexity index is 518.